The first-order valence-corrected chi connectivity index (χ1v) is 9.23. The number of imide groups is 1. The third-order valence-electron chi connectivity index (χ3n) is 4.82. The van der Waals surface area contributed by atoms with Crippen LogP contribution in [0.3, 0.4) is 0 Å². The number of urea groups is 1. The van der Waals surface area contributed by atoms with E-state index in [1.165, 1.54) is 13.8 Å². The quantitative estimate of drug-likeness (QED) is 0.538. The molecular weight excluding hydrogens is 350 g/mol. The number of carbonyl (C=O) groups is 4. The van der Waals surface area contributed by atoms with Gasteiger partial charge in [-0.15, -0.1) is 0 Å². The summed E-state index contributed by atoms with van der Waals surface area (Å²) in [6.45, 7) is 6.13. The molecule has 3 N–H and O–H groups in total. The van der Waals surface area contributed by atoms with Gasteiger partial charge in [0, 0.05) is 17.3 Å². The minimum absolute atomic E-state index is 0.0685. The van der Waals surface area contributed by atoms with Gasteiger partial charge in [-0.1, -0.05) is 19.3 Å². The monoisotopic (exact) mass is 377 g/mol. The van der Waals surface area contributed by atoms with Gasteiger partial charge >= 0.3 is 12.0 Å². The lowest BCUT2D eigenvalue weighted by Crippen LogP contribution is -2.48. The number of hydrogen-bond donors (Lipinski definition) is 3. The summed E-state index contributed by atoms with van der Waals surface area (Å²) in [6, 6.07) is -0.514. The van der Waals surface area contributed by atoms with Crippen LogP contribution in [0.1, 0.15) is 78.1 Å². The third kappa shape index (κ3) is 5.18. The molecule has 1 heterocycles. The first-order chi connectivity index (χ1) is 12.7. The maximum absolute atomic E-state index is 12.3. The number of carbonyl (C=O) groups excluding carboxylic acids is 4. The van der Waals surface area contributed by atoms with Crippen LogP contribution in [0, 0.1) is 13.8 Å². The molecule has 0 bridgehead atoms. The van der Waals surface area contributed by atoms with Crippen LogP contribution in [0.15, 0.2) is 0 Å². The number of Topliss-reactive ketones (excluding diaryl/α,β-unsaturated/α-hetero) is 1. The molecule has 1 saturated carbocycles. The summed E-state index contributed by atoms with van der Waals surface area (Å²) in [6.07, 6.45) is 3.92. The molecule has 0 spiro atoms. The highest BCUT2D eigenvalue weighted by atomic mass is 16.5. The van der Waals surface area contributed by atoms with Crippen molar-refractivity contribution in [3.63, 3.8) is 0 Å². The van der Waals surface area contributed by atoms with Crippen LogP contribution in [0.5, 0.6) is 0 Å². The fourth-order valence-corrected chi connectivity index (χ4v) is 3.44. The van der Waals surface area contributed by atoms with Crippen LogP contribution in [0.4, 0.5) is 4.79 Å². The fraction of sp³-hybridized carbons (Fsp3) is 0.579. The Morgan fingerprint density at radius 1 is 1.11 bits per heavy atom. The van der Waals surface area contributed by atoms with E-state index in [1.807, 2.05) is 0 Å². The standard InChI is InChI=1S/C19H27N3O5/c1-10-15(12(3)23)11(2)20-16(10)18(25)27-13(4)17(24)22-19(26)21-14-8-6-5-7-9-14/h13-14,20H,5-9H2,1-4H3,(H2,21,22,24,26)/t13-/m0/s1. The molecular formula is C19H27N3O5. The van der Waals surface area contributed by atoms with Gasteiger partial charge in [0.05, 0.1) is 0 Å². The van der Waals surface area contributed by atoms with Crippen LogP contribution in [0.2, 0.25) is 0 Å². The predicted octanol–water partition coefficient (Wildman–Crippen LogP) is 2.54. The average molecular weight is 377 g/mol. The van der Waals surface area contributed by atoms with Crippen LogP contribution < -0.4 is 10.6 Å². The first-order valence-electron chi connectivity index (χ1n) is 9.23. The van der Waals surface area contributed by atoms with Gasteiger partial charge in [0.25, 0.3) is 5.91 Å². The number of aromatic amines is 1. The topological polar surface area (TPSA) is 117 Å². The Morgan fingerprint density at radius 3 is 2.30 bits per heavy atom. The number of H-pyrrole nitrogens is 1. The Labute approximate surface area is 158 Å². The lowest BCUT2D eigenvalue weighted by Gasteiger charge is -2.23. The lowest BCUT2D eigenvalue weighted by molar-refractivity contribution is -0.127. The van der Waals surface area contributed by atoms with Gasteiger partial charge in [-0.2, -0.15) is 0 Å². The Kier molecular flexibility index (Phi) is 6.76. The number of rotatable bonds is 5. The lowest BCUT2D eigenvalue weighted by atomic mass is 9.96. The predicted molar refractivity (Wildman–Crippen MR) is 98.7 cm³/mol. The number of ketones is 1. The molecule has 1 aliphatic carbocycles. The minimum atomic E-state index is -1.15. The maximum Gasteiger partial charge on any atom is 0.355 e. The second kappa shape index (κ2) is 8.83. The zero-order valence-corrected chi connectivity index (χ0v) is 16.2. The summed E-state index contributed by atoms with van der Waals surface area (Å²) in [5, 5.41) is 4.97. The van der Waals surface area contributed by atoms with Crippen molar-refractivity contribution in [3.8, 4) is 0 Å². The number of aromatic nitrogens is 1. The smallest absolute Gasteiger partial charge is 0.355 e. The van der Waals surface area contributed by atoms with Gasteiger partial charge in [-0.3, -0.25) is 14.9 Å². The molecule has 8 heteroatoms. The SMILES string of the molecule is CC(=O)c1c(C)[nH]c(C(=O)O[C@@H](C)C(=O)NC(=O)NC2CCCCC2)c1C. The Morgan fingerprint density at radius 2 is 1.74 bits per heavy atom. The van der Waals surface area contributed by atoms with E-state index in [4.69, 9.17) is 4.74 Å². The van der Waals surface area contributed by atoms with E-state index in [2.05, 4.69) is 15.6 Å². The van der Waals surface area contributed by atoms with Gasteiger partial charge < -0.3 is 15.0 Å². The van der Waals surface area contributed by atoms with E-state index >= 15 is 0 Å². The highest BCUT2D eigenvalue weighted by Crippen LogP contribution is 2.20. The zero-order chi connectivity index (χ0) is 20.1. The maximum atomic E-state index is 12.3. The first kappa shape index (κ1) is 20.7. The number of amides is 3. The molecule has 8 nitrogen and oxygen atoms in total. The van der Waals surface area contributed by atoms with E-state index in [-0.39, 0.29) is 17.5 Å². The van der Waals surface area contributed by atoms with E-state index in [9.17, 15) is 19.2 Å². The van der Waals surface area contributed by atoms with Gasteiger partial charge in [0.15, 0.2) is 11.9 Å². The van der Waals surface area contributed by atoms with Crippen molar-refractivity contribution < 1.29 is 23.9 Å². The molecule has 2 rings (SSSR count). The Hall–Kier alpha value is -2.64. The van der Waals surface area contributed by atoms with Crippen LogP contribution in [-0.2, 0) is 9.53 Å². The second-order valence-electron chi connectivity index (χ2n) is 7.03. The average Bonchev–Trinajstić information content (AvgIpc) is 2.90. The molecule has 27 heavy (non-hydrogen) atoms. The molecule has 0 aromatic carbocycles. The van der Waals surface area contributed by atoms with Crippen LogP contribution in [-0.4, -0.2) is 40.8 Å². The summed E-state index contributed by atoms with van der Waals surface area (Å²) in [5.74, 6) is -1.62. The summed E-state index contributed by atoms with van der Waals surface area (Å²) in [7, 11) is 0. The van der Waals surface area contributed by atoms with Crippen molar-refractivity contribution in [3.05, 3.63) is 22.5 Å². The molecule has 3 amide bonds. The summed E-state index contributed by atoms with van der Waals surface area (Å²) in [5.41, 5.74) is 1.61. The number of hydrogen-bond acceptors (Lipinski definition) is 5. The molecule has 0 unspecified atom stereocenters. The zero-order valence-electron chi connectivity index (χ0n) is 16.2. The summed E-state index contributed by atoms with van der Waals surface area (Å²) in [4.78, 5) is 50.9. The van der Waals surface area contributed by atoms with E-state index in [0.29, 0.717) is 16.8 Å². The normalized spacial score (nSPS) is 15.7. The van der Waals surface area contributed by atoms with Crippen molar-refractivity contribution in [1.29, 1.82) is 0 Å². The molecule has 1 aliphatic rings. The molecule has 0 saturated heterocycles. The minimum Gasteiger partial charge on any atom is -0.448 e. The van der Waals surface area contributed by atoms with Crippen molar-refractivity contribution in [2.24, 2.45) is 0 Å². The summed E-state index contributed by atoms with van der Waals surface area (Å²) >= 11 is 0. The molecule has 1 aromatic heterocycles. The molecule has 0 aliphatic heterocycles. The second-order valence-corrected chi connectivity index (χ2v) is 7.03. The molecule has 148 valence electrons. The Balaban J connectivity index is 1.91. The van der Waals surface area contributed by atoms with Gasteiger partial charge in [-0.05, 0) is 46.1 Å². The van der Waals surface area contributed by atoms with E-state index < -0.39 is 24.0 Å². The molecule has 1 atom stereocenters. The Bertz CT molecular complexity index is 747. The van der Waals surface area contributed by atoms with Gasteiger partial charge in [0.2, 0.25) is 0 Å². The molecule has 1 fully saturated rings. The highest BCUT2D eigenvalue weighted by molar-refractivity contribution is 6.02. The largest absolute Gasteiger partial charge is 0.448 e. The van der Waals surface area contributed by atoms with Crippen molar-refractivity contribution in [2.45, 2.75) is 71.9 Å². The van der Waals surface area contributed by atoms with Gasteiger partial charge in [-0.25, -0.2) is 9.59 Å². The highest BCUT2D eigenvalue weighted by Gasteiger charge is 2.26. The van der Waals surface area contributed by atoms with E-state index in [0.717, 1.165) is 32.1 Å². The van der Waals surface area contributed by atoms with Crippen LogP contribution >= 0.6 is 0 Å². The number of esters is 1. The third-order valence-corrected chi connectivity index (χ3v) is 4.82. The summed E-state index contributed by atoms with van der Waals surface area (Å²) < 4.78 is 5.14. The van der Waals surface area contributed by atoms with Crippen molar-refractivity contribution >= 4 is 23.7 Å². The van der Waals surface area contributed by atoms with E-state index in [1.54, 1.807) is 13.8 Å². The molecule has 1 aromatic rings. The van der Waals surface area contributed by atoms with Crippen molar-refractivity contribution in [2.75, 3.05) is 0 Å². The fourth-order valence-electron chi connectivity index (χ4n) is 3.44. The van der Waals surface area contributed by atoms with Crippen LogP contribution in [0.25, 0.3) is 0 Å². The number of ether oxygens (including phenoxy) is 1. The van der Waals surface area contributed by atoms with Crippen molar-refractivity contribution in [1.82, 2.24) is 15.6 Å². The number of nitrogens with one attached hydrogen (secondary N) is 3. The number of aryl methyl sites for hydroxylation is 1. The molecule has 0 radical (unpaired) electrons. The van der Waals surface area contributed by atoms with Gasteiger partial charge in [0.1, 0.15) is 5.69 Å².